The first-order valence-corrected chi connectivity index (χ1v) is 7.13. The first-order valence-electron chi connectivity index (χ1n) is 6.34. The highest BCUT2D eigenvalue weighted by molar-refractivity contribution is 9.10. The van der Waals surface area contributed by atoms with E-state index < -0.39 is 18.4 Å². The van der Waals surface area contributed by atoms with Crippen LogP contribution in [-0.4, -0.2) is 23.0 Å². The minimum atomic E-state index is -2.98. The molecule has 0 radical (unpaired) electrons. The average Bonchev–Trinajstić information content (AvgIpc) is 2.83. The van der Waals surface area contributed by atoms with E-state index in [0.29, 0.717) is 10.2 Å². The molecule has 2 rings (SSSR count). The number of hydrazine groups is 1. The number of rotatable bonds is 4. The van der Waals surface area contributed by atoms with Gasteiger partial charge in [0.2, 0.25) is 0 Å². The Labute approximate surface area is 138 Å². The smallest absolute Gasteiger partial charge is 0.387 e. The van der Waals surface area contributed by atoms with Gasteiger partial charge in [-0.3, -0.25) is 20.4 Å². The van der Waals surface area contributed by atoms with Gasteiger partial charge >= 0.3 is 6.61 Å². The van der Waals surface area contributed by atoms with E-state index in [2.05, 4.69) is 31.5 Å². The van der Waals surface area contributed by atoms with Crippen LogP contribution in [-0.2, 0) is 7.05 Å². The van der Waals surface area contributed by atoms with Gasteiger partial charge in [0.05, 0.1) is 0 Å². The number of nitrogens with one attached hydrogen (secondary N) is 2. The molecule has 0 aliphatic carbocycles. The monoisotopic (exact) mass is 387 g/mol. The van der Waals surface area contributed by atoms with E-state index in [9.17, 15) is 18.4 Å². The second-order valence-electron chi connectivity index (χ2n) is 4.47. The molecule has 2 amide bonds. The average molecular weight is 388 g/mol. The first-order chi connectivity index (χ1) is 10.9. The van der Waals surface area contributed by atoms with Gasteiger partial charge in [-0.05, 0) is 40.2 Å². The maximum absolute atomic E-state index is 12.1. The zero-order chi connectivity index (χ0) is 17.0. The van der Waals surface area contributed by atoms with Crippen LogP contribution in [0.4, 0.5) is 8.78 Å². The number of halogens is 3. The van der Waals surface area contributed by atoms with Crippen molar-refractivity contribution in [2.45, 2.75) is 6.61 Å². The molecule has 1 aromatic carbocycles. The summed E-state index contributed by atoms with van der Waals surface area (Å²) < 4.78 is 30.8. The standard InChI is InChI=1S/C14H12BrF2N3O3/c1-20-7-9(15)6-11(20)13(22)19-18-12(21)8-3-2-4-10(5-8)23-14(16)17/h2-7,14H,1H3,(H,18,21)(H,19,22). The summed E-state index contributed by atoms with van der Waals surface area (Å²) in [4.78, 5) is 23.9. The van der Waals surface area contributed by atoms with Crippen molar-refractivity contribution in [1.29, 1.82) is 0 Å². The van der Waals surface area contributed by atoms with Crippen LogP contribution in [0.15, 0.2) is 41.0 Å². The highest BCUT2D eigenvalue weighted by Crippen LogP contribution is 2.16. The molecule has 9 heteroatoms. The molecule has 0 atom stereocenters. The summed E-state index contributed by atoms with van der Waals surface area (Å²) in [5.74, 6) is -1.33. The van der Waals surface area contributed by atoms with E-state index in [0.717, 1.165) is 6.07 Å². The SMILES string of the molecule is Cn1cc(Br)cc1C(=O)NNC(=O)c1cccc(OC(F)F)c1. The second kappa shape index (κ2) is 7.23. The van der Waals surface area contributed by atoms with Crippen LogP contribution in [0.1, 0.15) is 20.8 Å². The van der Waals surface area contributed by atoms with E-state index in [1.165, 1.54) is 18.2 Å². The van der Waals surface area contributed by atoms with Crippen molar-refractivity contribution in [3.63, 3.8) is 0 Å². The van der Waals surface area contributed by atoms with E-state index in [1.807, 2.05) is 0 Å². The van der Waals surface area contributed by atoms with E-state index in [1.54, 1.807) is 23.9 Å². The minimum absolute atomic E-state index is 0.0662. The molecule has 23 heavy (non-hydrogen) atoms. The third-order valence-electron chi connectivity index (χ3n) is 2.82. The van der Waals surface area contributed by atoms with Crippen molar-refractivity contribution >= 4 is 27.7 Å². The Balaban J connectivity index is 1.99. The number of amides is 2. The van der Waals surface area contributed by atoms with E-state index >= 15 is 0 Å². The summed E-state index contributed by atoms with van der Waals surface area (Å²) in [5.41, 5.74) is 4.84. The van der Waals surface area contributed by atoms with Crippen LogP contribution in [0.2, 0.25) is 0 Å². The van der Waals surface area contributed by atoms with Crippen molar-refractivity contribution in [1.82, 2.24) is 15.4 Å². The molecule has 0 aliphatic heterocycles. The number of carbonyl (C=O) groups excluding carboxylic acids is 2. The number of carbonyl (C=O) groups is 2. The molecule has 1 aromatic heterocycles. The van der Waals surface area contributed by atoms with Gasteiger partial charge in [-0.25, -0.2) is 0 Å². The molecule has 0 saturated carbocycles. The number of benzene rings is 1. The van der Waals surface area contributed by atoms with Gasteiger partial charge in [0, 0.05) is 23.3 Å². The van der Waals surface area contributed by atoms with Crippen LogP contribution in [0, 0.1) is 0 Å². The third kappa shape index (κ3) is 4.52. The quantitative estimate of drug-likeness (QED) is 0.791. The molecular weight excluding hydrogens is 376 g/mol. The molecule has 0 aliphatic rings. The zero-order valence-electron chi connectivity index (χ0n) is 11.8. The Bertz CT molecular complexity index is 734. The predicted octanol–water partition coefficient (Wildman–Crippen LogP) is 2.46. The Hall–Kier alpha value is -2.42. The van der Waals surface area contributed by atoms with E-state index in [4.69, 9.17) is 0 Å². The van der Waals surface area contributed by atoms with Crippen molar-refractivity contribution in [3.05, 3.63) is 52.3 Å². The Morgan fingerprint density at radius 2 is 1.91 bits per heavy atom. The number of alkyl halides is 2. The fourth-order valence-corrected chi connectivity index (χ4v) is 2.34. The van der Waals surface area contributed by atoms with Crippen LogP contribution in [0.25, 0.3) is 0 Å². The fourth-order valence-electron chi connectivity index (χ4n) is 1.81. The number of hydrogen-bond donors (Lipinski definition) is 2. The number of hydrogen-bond acceptors (Lipinski definition) is 3. The zero-order valence-corrected chi connectivity index (χ0v) is 13.4. The summed E-state index contributed by atoms with van der Waals surface area (Å²) in [6.07, 6.45) is 1.68. The van der Waals surface area contributed by atoms with Gasteiger partial charge in [-0.15, -0.1) is 0 Å². The van der Waals surface area contributed by atoms with Crippen molar-refractivity contribution in [2.24, 2.45) is 7.05 Å². The van der Waals surface area contributed by atoms with Gasteiger partial charge in [0.25, 0.3) is 11.8 Å². The number of aromatic nitrogens is 1. The first kappa shape index (κ1) is 16.9. The summed E-state index contributed by atoms with van der Waals surface area (Å²) in [6, 6.07) is 6.82. The molecule has 6 nitrogen and oxygen atoms in total. The number of ether oxygens (including phenoxy) is 1. The summed E-state index contributed by atoms with van der Waals surface area (Å²) in [5, 5.41) is 0. The molecule has 2 aromatic rings. The number of nitrogens with zero attached hydrogens (tertiary/aromatic N) is 1. The van der Waals surface area contributed by atoms with Crippen LogP contribution >= 0.6 is 15.9 Å². The Morgan fingerprint density at radius 3 is 2.52 bits per heavy atom. The van der Waals surface area contributed by atoms with Crippen molar-refractivity contribution < 1.29 is 23.1 Å². The van der Waals surface area contributed by atoms with Gasteiger partial charge in [-0.1, -0.05) is 6.07 Å². The van der Waals surface area contributed by atoms with Gasteiger partial charge in [0.15, 0.2) is 0 Å². The summed E-state index contributed by atoms with van der Waals surface area (Å²) >= 11 is 3.23. The highest BCUT2D eigenvalue weighted by atomic mass is 79.9. The third-order valence-corrected chi connectivity index (χ3v) is 3.25. The summed E-state index contributed by atoms with van der Waals surface area (Å²) in [6.45, 7) is -2.98. The van der Waals surface area contributed by atoms with Gasteiger partial charge in [-0.2, -0.15) is 8.78 Å². The Morgan fingerprint density at radius 1 is 1.22 bits per heavy atom. The van der Waals surface area contributed by atoms with Crippen molar-refractivity contribution in [2.75, 3.05) is 0 Å². The molecule has 0 saturated heterocycles. The topological polar surface area (TPSA) is 72.4 Å². The molecular formula is C14H12BrF2N3O3. The molecule has 1 heterocycles. The lowest BCUT2D eigenvalue weighted by Crippen LogP contribution is -2.42. The van der Waals surface area contributed by atoms with E-state index in [-0.39, 0.29) is 11.3 Å². The maximum atomic E-state index is 12.1. The van der Waals surface area contributed by atoms with Crippen LogP contribution < -0.4 is 15.6 Å². The lowest BCUT2D eigenvalue weighted by atomic mass is 10.2. The van der Waals surface area contributed by atoms with Crippen molar-refractivity contribution in [3.8, 4) is 5.75 Å². The summed E-state index contributed by atoms with van der Waals surface area (Å²) in [7, 11) is 1.67. The normalized spacial score (nSPS) is 10.5. The molecule has 2 N–H and O–H groups in total. The molecule has 0 fully saturated rings. The molecule has 0 unspecified atom stereocenters. The predicted molar refractivity (Wildman–Crippen MR) is 81.1 cm³/mol. The lowest BCUT2D eigenvalue weighted by Gasteiger charge is -2.09. The number of aryl methyl sites for hydroxylation is 1. The fraction of sp³-hybridized carbons (Fsp3) is 0.143. The van der Waals surface area contributed by atoms with Crippen LogP contribution in [0.5, 0.6) is 5.75 Å². The lowest BCUT2D eigenvalue weighted by molar-refractivity contribution is -0.0498. The van der Waals surface area contributed by atoms with Gasteiger partial charge in [0.1, 0.15) is 11.4 Å². The largest absolute Gasteiger partial charge is 0.435 e. The minimum Gasteiger partial charge on any atom is -0.435 e. The Kier molecular flexibility index (Phi) is 5.32. The van der Waals surface area contributed by atoms with Gasteiger partial charge < -0.3 is 9.30 Å². The van der Waals surface area contributed by atoms with Crippen LogP contribution in [0.3, 0.4) is 0 Å². The second-order valence-corrected chi connectivity index (χ2v) is 5.38. The molecule has 0 bridgehead atoms. The molecule has 0 spiro atoms. The highest BCUT2D eigenvalue weighted by Gasteiger charge is 2.13. The maximum Gasteiger partial charge on any atom is 0.387 e. The molecule has 122 valence electrons.